The van der Waals surface area contributed by atoms with Gasteiger partial charge in [0.1, 0.15) is 0 Å². The van der Waals surface area contributed by atoms with Crippen LogP contribution in [0.2, 0.25) is 0 Å². The summed E-state index contributed by atoms with van der Waals surface area (Å²) in [5, 5.41) is 2.80. The molecule has 34 heavy (non-hydrogen) atoms. The van der Waals surface area contributed by atoms with E-state index < -0.39 is 0 Å². The lowest BCUT2D eigenvalue weighted by Gasteiger charge is -2.13. The van der Waals surface area contributed by atoms with Gasteiger partial charge in [-0.3, -0.25) is 4.79 Å². The maximum atomic E-state index is 11.3. The van der Waals surface area contributed by atoms with E-state index in [9.17, 15) is 4.79 Å². The summed E-state index contributed by atoms with van der Waals surface area (Å²) in [7, 11) is 2.11. The van der Waals surface area contributed by atoms with Gasteiger partial charge >= 0.3 is 0 Å². The molecule has 0 fully saturated rings. The second-order valence-electron chi connectivity index (χ2n) is 7.64. The van der Waals surface area contributed by atoms with Crippen LogP contribution in [0.4, 0.5) is 0 Å². The number of nitrogens with zero attached hydrogens (tertiary/aromatic N) is 1. The van der Waals surface area contributed by atoms with Gasteiger partial charge in [0.05, 0.1) is 85.9 Å². The molecule has 0 aliphatic heterocycles. The Kier molecular flexibility index (Phi) is 27.7. The fraction of sp³-hybridized carbons (Fsp3) is 0.958. The average Bonchev–Trinajstić information content (AvgIpc) is 2.84. The van der Waals surface area contributed by atoms with Crippen LogP contribution in [0.5, 0.6) is 0 Å². The number of hydrogen-bond donors (Lipinski definition) is 1. The molecular weight excluding hydrogens is 444 g/mol. The molecule has 0 aliphatic rings. The molecular formula is C24H52N2O8. The highest BCUT2D eigenvalue weighted by atomic mass is 16.6. The van der Waals surface area contributed by atoms with Crippen molar-refractivity contribution < 1.29 is 39.4 Å². The van der Waals surface area contributed by atoms with E-state index in [4.69, 9.17) is 33.2 Å². The first-order valence-electron chi connectivity index (χ1n) is 12.7. The number of rotatable bonds is 28. The number of hydrogen-bond acceptors (Lipinski definition) is 9. The SMILES string of the molecule is CCCC(=O)NCCOCCOCCOCCOCCOCCOCCOCCCN(C)CC.[HH]. The minimum atomic E-state index is 0. The van der Waals surface area contributed by atoms with Gasteiger partial charge in [-0.2, -0.15) is 0 Å². The van der Waals surface area contributed by atoms with Gasteiger partial charge in [0.2, 0.25) is 5.91 Å². The predicted octanol–water partition coefficient (Wildman–Crippen LogP) is 1.61. The summed E-state index contributed by atoms with van der Waals surface area (Å²) in [6.07, 6.45) is 2.46. The molecule has 0 atom stereocenters. The van der Waals surface area contributed by atoms with Crippen molar-refractivity contribution in [2.45, 2.75) is 33.1 Å². The molecule has 0 aliphatic carbocycles. The van der Waals surface area contributed by atoms with E-state index in [1.165, 1.54) is 0 Å². The van der Waals surface area contributed by atoms with Gasteiger partial charge in [0, 0.05) is 27.5 Å². The topological polar surface area (TPSA) is 97.0 Å². The monoisotopic (exact) mass is 496 g/mol. The lowest BCUT2D eigenvalue weighted by molar-refractivity contribution is -0.121. The fourth-order valence-electron chi connectivity index (χ4n) is 2.59. The molecule has 0 aromatic rings. The van der Waals surface area contributed by atoms with Crippen molar-refractivity contribution in [2.24, 2.45) is 0 Å². The van der Waals surface area contributed by atoms with Gasteiger partial charge in [-0.1, -0.05) is 13.8 Å². The van der Waals surface area contributed by atoms with Gasteiger partial charge < -0.3 is 43.4 Å². The van der Waals surface area contributed by atoms with Crippen molar-refractivity contribution in [3.63, 3.8) is 0 Å². The first-order valence-corrected chi connectivity index (χ1v) is 12.7. The zero-order chi connectivity index (χ0) is 25.0. The van der Waals surface area contributed by atoms with Crippen LogP contribution in [0.15, 0.2) is 0 Å². The summed E-state index contributed by atoms with van der Waals surface area (Å²) in [5.41, 5.74) is 0. The summed E-state index contributed by atoms with van der Waals surface area (Å²) >= 11 is 0. The molecule has 1 amide bonds. The molecule has 0 saturated heterocycles. The van der Waals surface area contributed by atoms with Crippen LogP contribution in [0.1, 0.15) is 34.5 Å². The molecule has 1 N–H and O–H groups in total. The van der Waals surface area contributed by atoms with Crippen molar-refractivity contribution in [2.75, 3.05) is 119 Å². The molecule has 0 heterocycles. The summed E-state index contributed by atoms with van der Waals surface area (Å²) < 4.78 is 38.1. The van der Waals surface area contributed by atoms with E-state index in [-0.39, 0.29) is 7.33 Å². The number of amides is 1. The Bertz CT molecular complexity index is 425. The van der Waals surface area contributed by atoms with Crippen LogP contribution in [-0.4, -0.2) is 130 Å². The van der Waals surface area contributed by atoms with Gasteiger partial charge in [-0.25, -0.2) is 0 Å². The lowest BCUT2D eigenvalue weighted by atomic mass is 10.3. The molecule has 0 rings (SSSR count). The van der Waals surface area contributed by atoms with Crippen LogP contribution in [0.3, 0.4) is 0 Å². The minimum absolute atomic E-state index is 0. The highest BCUT2D eigenvalue weighted by molar-refractivity contribution is 5.75. The second kappa shape index (κ2) is 28.4. The van der Waals surface area contributed by atoms with E-state index in [0.717, 1.165) is 32.5 Å². The highest BCUT2D eigenvalue weighted by Gasteiger charge is 1.98. The second-order valence-corrected chi connectivity index (χ2v) is 7.64. The van der Waals surface area contributed by atoms with Gasteiger partial charge in [-0.05, 0) is 26.4 Å². The van der Waals surface area contributed by atoms with E-state index in [2.05, 4.69) is 24.2 Å². The van der Waals surface area contributed by atoms with Gasteiger partial charge in [0.25, 0.3) is 0 Å². The third-order valence-corrected chi connectivity index (χ3v) is 4.65. The molecule has 10 nitrogen and oxygen atoms in total. The summed E-state index contributed by atoms with van der Waals surface area (Å²) in [4.78, 5) is 13.5. The first kappa shape index (κ1) is 33.1. The van der Waals surface area contributed by atoms with Crippen molar-refractivity contribution >= 4 is 5.91 Å². The zero-order valence-corrected chi connectivity index (χ0v) is 21.9. The Morgan fingerprint density at radius 2 is 1.03 bits per heavy atom. The average molecular weight is 497 g/mol. The van der Waals surface area contributed by atoms with Crippen molar-refractivity contribution in [3.8, 4) is 0 Å². The Morgan fingerprint density at radius 3 is 1.41 bits per heavy atom. The van der Waals surface area contributed by atoms with Gasteiger partial charge in [-0.15, -0.1) is 0 Å². The van der Waals surface area contributed by atoms with E-state index in [1.54, 1.807) is 0 Å². The summed E-state index contributed by atoms with van der Waals surface area (Å²) in [6.45, 7) is 14.6. The molecule has 10 heteroatoms. The highest BCUT2D eigenvalue weighted by Crippen LogP contribution is 1.89. The number of ether oxygens (including phenoxy) is 7. The van der Waals surface area contributed by atoms with Crippen molar-refractivity contribution in [3.05, 3.63) is 0 Å². The normalized spacial score (nSPS) is 11.4. The Morgan fingerprint density at radius 1 is 0.647 bits per heavy atom. The van der Waals surface area contributed by atoms with E-state index in [1.807, 2.05) is 6.92 Å². The smallest absolute Gasteiger partial charge is 0.220 e. The molecule has 0 saturated carbocycles. The molecule has 0 radical (unpaired) electrons. The quantitative estimate of drug-likeness (QED) is 0.162. The molecule has 0 spiro atoms. The van der Waals surface area contributed by atoms with E-state index >= 15 is 0 Å². The van der Waals surface area contributed by atoms with Crippen LogP contribution < -0.4 is 5.32 Å². The number of carbonyl (C=O) groups is 1. The van der Waals surface area contributed by atoms with E-state index in [0.29, 0.717) is 98.9 Å². The molecule has 0 unspecified atom stereocenters. The van der Waals surface area contributed by atoms with Crippen LogP contribution in [0, 0.1) is 0 Å². The standard InChI is InChI=1S/C24H50N2O8.H2/c1-4-7-24(27)25-8-11-29-13-15-31-17-19-33-21-23-34-22-20-32-18-16-30-14-12-28-10-6-9-26(3)5-2;/h4-23H2,1-3H3,(H,25,27);1H. The van der Waals surface area contributed by atoms with Crippen molar-refractivity contribution in [1.29, 1.82) is 0 Å². The predicted molar refractivity (Wildman–Crippen MR) is 134 cm³/mol. The number of carbonyl (C=O) groups excluding carboxylic acids is 1. The Labute approximate surface area is 208 Å². The Balaban J connectivity index is 0. The molecule has 0 aromatic carbocycles. The first-order chi connectivity index (χ1) is 16.7. The zero-order valence-electron chi connectivity index (χ0n) is 21.9. The van der Waals surface area contributed by atoms with Crippen LogP contribution >= 0.6 is 0 Å². The molecule has 0 aromatic heterocycles. The fourth-order valence-corrected chi connectivity index (χ4v) is 2.59. The number of nitrogens with one attached hydrogen (secondary N) is 1. The lowest BCUT2D eigenvalue weighted by Crippen LogP contribution is -2.27. The summed E-state index contributed by atoms with van der Waals surface area (Å²) in [5.74, 6) is 0.0691. The third-order valence-electron chi connectivity index (χ3n) is 4.65. The van der Waals surface area contributed by atoms with Gasteiger partial charge in [0.15, 0.2) is 0 Å². The maximum absolute atomic E-state index is 11.3. The third kappa shape index (κ3) is 27.4. The molecule has 0 bridgehead atoms. The largest absolute Gasteiger partial charge is 0.379 e. The minimum Gasteiger partial charge on any atom is -0.379 e. The van der Waals surface area contributed by atoms with Crippen LogP contribution in [-0.2, 0) is 38.0 Å². The summed E-state index contributed by atoms with van der Waals surface area (Å²) in [6, 6.07) is 0. The van der Waals surface area contributed by atoms with Crippen molar-refractivity contribution in [1.82, 2.24) is 10.2 Å². The maximum Gasteiger partial charge on any atom is 0.220 e. The van der Waals surface area contributed by atoms with Crippen LogP contribution in [0.25, 0.3) is 0 Å². The molecule has 206 valence electrons. The Hall–Kier alpha value is -0.850.